The summed E-state index contributed by atoms with van der Waals surface area (Å²) in [5.74, 6) is -1.02. The van der Waals surface area contributed by atoms with E-state index in [0.717, 1.165) is 0 Å². The molecular weight excluding hydrogens is 264 g/mol. The van der Waals surface area contributed by atoms with Gasteiger partial charge in [-0.3, -0.25) is 19.7 Å². The summed E-state index contributed by atoms with van der Waals surface area (Å²) in [6.07, 6.45) is 0.0141. The molecule has 0 radical (unpaired) electrons. The molecule has 1 N–H and O–H groups in total. The van der Waals surface area contributed by atoms with Gasteiger partial charge >= 0.3 is 5.97 Å². The molecule has 7 nitrogen and oxygen atoms in total. The molecule has 0 aliphatic heterocycles. The molecule has 1 aromatic rings. The van der Waals surface area contributed by atoms with Gasteiger partial charge in [0.2, 0.25) is 0 Å². The van der Waals surface area contributed by atoms with Gasteiger partial charge in [-0.15, -0.1) is 0 Å². The third kappa shape index (κ3) is 4.34. The van der Waals surface area contributed by atoms with Crippen LogP contribution in [0.4, 0.5) is 5.69 Å². The van der Waals surface area contributed by atoms with Crippen molar-refractivity contribution in [2.75, 3.05) is 6.61 Å². The summed E-state index contributed by atoms with van der Waals surface area (Å²) >= 11 is 0. The van der Waals surface area contributed by atoms with Gasteiger partial charge < -0.3 is 10.1 Å². The highest BCUT2D eigenvalue weighted by Gasteiger charge is 2.21. The van der Waals surface area contributed by atoms with Crippen molar-refractivity contribution in [1.29, 1.82) is 0 Å². The first-order valence-corrected chi connectivity index (χ1v) is 6.15. The Kier molecular flexibility index (Phi) is 5.64. The molecule has 1 amide bonds. The van der Waals surface area contributed by atoms with Crippen LogP contribution in [0.3, 0.4) is 0 Å². The Balaban J connectivity index is 2.72. The smallest absolute Gasteiger partial charge is 0.307 e. The second-order valence-corrected chi connectivity index (χ2v) is 4.16. The fourth-order valence-electron chi connectivity index (χ4n) is 1.65. The van der Waals surface area contributed by atoms with Gasteiger partial charge in [0, 0.05) is 12.1 Å². The number of amides is 1. The maximum absolute atomic E-state index is 12.0. The van der Waals surface area contributed by atoms with E-state index in [1.807, 2.05) is 0 Å². The zero-order valence-electron chi connectivity index (χ0n) is 11.3. The zero-order chi connectivity index (χ0) is 15.1. The first-order valence-electron chi connectivity index (χ1n) is 6.15. The first-order chi connectivity index (χ1) is 9.45. The van der Waals surface area contributed by atoms with Gasteiger partial charge in [-0.2, -0.15) is 0 Å². The van der Waals surface area contributed by atoms with E-state index < -0.39 is 22.8 Å². The number of rotatable bonds is 6. The molecule has 1 aromatic carbocycles. The first kappa shape index (κ1) is 15.6. The maximum atomic E-state index is 12.0. The van der Waals surface area contributed by atoms with E-state index in [2.05, 4.69) is 5.32 Å². The summed E-state index contributed by atoms with van der Waals surface area (Å²) in [5, 5.41) is 13.4. The second kappa shape index (κ2) is 7.22. The third-order valence-corrected chi connectivity index (χ3v) is 2.50. The minimum absolute atomic E-state index is 0.0141. The highest BCUT2D eigenvalue weighted by atomic mass is 16.6. The van der Waals surface area contributed by atoms with Crippen molar-refractivity contribution in [3.05, 3.63) is 39.9 Å². The lowest BCUT2D eigenvalue weighted by atomic mass is 10.1. The van der Waals surface area contributed by atoms with Crippen molar-refractivity contribution in [1.82, 2.24) is 5.32 Å². The molecule has 108 valence electrons. The Labute approximate surface area is 116 Å². The summed E-state index contributed by atoms with van der Waals surface area (Å²) in [7, 11) is 0. The van der Waals surface area contributed by atoms with Crippen LogP contribution in [0.5, 0.6) is 0 Å². The molecule has 0 saturated carbocycles. The van der Waals surface area contributed by atoms with Crippen molar-refractivity contribution < 1.29 is 19.2 Å². The van der Waals surface area contributed by atoms with Crippen LogP contribution in [0, 0.1) is 10.1 Å². The Morgan fingerprint density at radius 3 is 2.65 bits per heavy atom. The number of hydrogen-bond donors (Lipinski definition) is 1. The topological polar surface area (TPSA) is 98.5 Å². The summed E-state index contributed by atoms with van der Waals surface area (Å²) in [4.78, 5) is 33.4. The number of nitrogens with zero attached hydrogens (tertiary/aromatic N) is 1. The van der Waals surface area contributed by atoms with Gasteiger partial charge in [-0.1, -0.05) is 12.1 Å². The molecule has 0 aliphatic carbocycles. The predicted octanol–water partition coefficient (Wildman–Crippen LogP) is 1.67. The van der Waals surface area contributed by atoms with E-state index in [4.69, 9.17) is 4.74 Å². The molecule has 0 spiro atoms. The molecule has 0 saturated heterocycles. The molecule has 20 heavy (non-hydrogen) atoms. The van der Waals surface area contributed by atoms with Crippen LogP contribution in [-0.4, -0.2) is 29.4 Å². The van der Waals surface area contributed by atoms with Crippen LogP contribution in [0.25, 0.3) is 0 Å². The number of nitro benzene ring substituents is 1. The van der Waals surface area contributed by atoms with Gasteiger partial charge in [0.15, 0.2) is 0 Å². The highest BCUT2D eigenvalue weighted by Crippen LogP contribution is 2.17. The van der Waals surface area contributed by atoms with E-state index in [1.54, 1.807) is 13.8 Å². The summed E-state index contributed by atoms with van der Waals surface area (Å²) in [6, 6.07) is 5.17. The Hall–Kier alpha value is -2.44. The van der Waals surface area contributed by atoms with Crippen LogP contribution in [0.1, 0.15) is 30.6 Å². The van der Waals surface area contributed by atoms with Crippen LogP contribution >= 0.6 is 0 Å². The molecular formula is C13H16N2O5. The largest absolute Gasteiger partial charge is 0.466 e. The van der Waals surface area contributed by atoms with Crippen molar-refractivity contribution in [2.45, 2.75) is 26.3 Å². The standard InChI is InChI=1S/C13H16N2O5/c1-3-20-12(16)8-9(2)14-13(17)10-6-4-5-7-11(10)15(18)19/h4-7,9H,3,8H2,1-2H3,(H,14,17). The van der Waals surface area contributed by atoms with Crippen LogP contribution < -0.4 is 5.32 Å². The highest BCUT2D eigenvalue weighted by molar-refractivity contribution is 5.98. The maximum Gasteiger partial charge on any atom is 0.307 e. The lowest BCUT2D eigenvalue weighted by Crippen LogP contribution is -2.34. The fourth-order valence-corrected chi connectivity index (χ4v) is 1.65. The number of benzene rings is 1. The molecule has 0 heterocycles. The molecule has 1 rings (SSSR count). The number of nitro groups is 1. The van der Waals surface area contributed by atoms with Crippen LogP contribution in [0.15, 0.2) is 24.3 Å². The Bertz CT molecular complexity index is 515. The van der Waals surface area contributed by atoms with E-state index in [0.29, 0.717) is 0 Å². The summed E-state index contributed by atoms with van der Waals surface area (Å²) < 4.78 is 4.76. The number of nitrogens with one attached hydrogen (secondary N) is 1. The quantitative estimate of drug-likeness (QED) is 0.485. The number of para-hydroxylation sites is 1. The number of esters is 1. The lowest BCUT2D eigenvalue weighted by molar-refractivity contribution is -0.385. The van der Waals surface area contributed by atoms with Crippen LogP contribution in [-0.2, 0) is 9.53 Å². The average Bonchev–Trinajstić information content (AvgIpc) is 2.38. The van der Waals surface area contributed by atoms with E-state index in [1.165, 1.54) is 24.3 Å². The van der Waals surface area contributed by atoms with Gasteiger partial charge in [-0.05, 0) is 19.9 Å². The van der Waals surface area contributed by atoms with Crippen molar-refractivity contribution >= 4 is 17.6 Å². The Morgan fingerprint density at radius 2 is 2.05 bits per heavy atom. The van der Waals surface area contributed by atoms with Crippen molar-refractivity contribution in [3.8, 4) is 0 Å². The fraction of sp³-hybridized carbons (Fsp3) is 0.385. The number of hydrogen-bond acceptors (Lipinski definition) is 5. The molecule has 1 unspecified atom stereocenters. The molecule has 7 heteroatoms. The van der Waals surface area contributed by atoms with Crippen molar-refractivity contribution in [3.63, 3.8) is 0 Å². The van der Waals surface area contributed by atoms with Gasteiger partial charge in [0.05, 0.1) is 18.0 Å². The minimum Gasteiger partial charge on any atom is -0.466 e. The molecule has 0 fully saturated rings. The van der Waals surface area contributed by atoms with Gasteiger partial charge in [0.1, 0.15) is 5.56 Å². The number of ether oxygens (including phenoxy) is 1. The normalized spacial score (nSPS) is 11.5. The van der Waals surface area contributed by atoms with E-state index in [-0.39, 0.29) is 24.3 Å². The lowest BCUT2D eigenvalue weighted by Gasteiger charge is -2.13. The SMILES string of the molecule is CCOC(=O)CC(C)NC(=O)c1ccccc1[N+](=O)[O-]. The second-order valence-electron chi connectivity index (χ2n) is 4.16. The third-order valence-electron chi connectivity index (χ3n) is 2.50. The minimum atomic E-state index is -0.620. The van der Waals surface area contributed by atoms with Gasteiger partial charge in [0.25, 0.3) is 11.6 Å². The van der Waals surface area contributed by atoms with Crippen LogP contribution in [0.2, 0.25) is 0 Å². The summed E-state index contributed by atoms with van der Waals surface area (Å²) in [5.41, 5.74) is -0.304. The average molecular weight is 280 g/mol. The molecule has 0 aromatic heterocycles. The zero-order valence-corrected chi connectivity index (χ0v) is 11.3. The number of carbonyl (C=O) groups excluding carboxylic acids is 2. The summed E-state index contributed by atoms with van der Waals surface area (Å²) in [6.45, 7) is 3.59. The molecule has 1 atom stereocenters. The molecule has 0 bridgehead atoms. The van der Waals surface area contributed by atoms with E-state index >= 15 is 0 Å². The van der Waals surface area contributed by atoms with E-state index in [9.17, 15) is 19.7 Å². The number of carbonyl (C=O) groups is 2. The van der Waals surface area contributed by atoms with Gasteiger partial charge in [-0.25, -0.2) is 0 Å². The monoisotopic (exact) mass is 280 g/mol. The molecule has 0 aliphatic rings. The predicted molar refractivity (Wildman–Crippen MR) is 71.3 cm³/mol. The van der Waals surface area contributed by atoms with Crippen molar-refractivity contribution in [2.24, 2.45) is 0 Å². The Morgan fingerprint density at radius 1 is 1.40 bits per heavy atom.